The quantitative estimate of drug-likeness (QED) is 0.706. The second kappa shape index (κ2) is 4.45. The van der Waals surface area contributed by atoms with Crippen LogP contribution in [0, 0.1) is 5.41 Å². The third-order valence-corrected chi connectivity index (χ3v) is 2.15. The highest BCUT2D eigenvalue weighted by Crippen LogP contribution is 2.23. The molecule has 0 bridgehead atoms. The predicted molar refractivity (Wildman–Crippen MR) is 50.8 cm³/mol. The standard InChI is InChI=1S/C10H17FO4/c1-10(2,3)9(13)14-5-7-6(11)4-8(12)15-7/h6-8,12H,4-5H2,1-3H3/t6-,7+,8?/m0/s1. The van der Waals surface area contributed by atoms with Crippen molar-refractivity contribution in [3.8, 4) is 0 Å². The Labute approximate surface area is 88.4 Å². The molecule has 88 valence electrons. The molecule has 1 aliphatic rings. The van der Waals surface area contributed by atoms with Crippen LogP contribution in [0.2, 0.25) is 0 Å². The highest BCUT2D eigenvalue weighted by Gasteiger charge is 2.36. The van der Waals surface area contributed by atoms with Gasteiger partial charge in [0.25, 0.3) is 0 Å². The fourth-order valence-corrected chi connectivity index (χ4v) is 1.20. The number of aliphatic hydroxyl groups excluding tert-OH is 1. The minimum absolute atomic E-state index is 0.0578. The lowest BCUT2D eigenvalue weighted by Crippen LogP contribution is -2.30. The third-order valence-electron chi connectivity index (χ3n) is 2.15. The number of carbonyl (C=O) groups excluding carboxylic acids is 1. The van der Waals surface area contributed by atoms with Crippen LogP contribution >= 0.6 is 0 Å². The molecule has 1 rings (SSSR count). The second-order valence-corrected chi connectivity index (χ2v) is 4.73. The van der Waals surface area contributed by atoms with E-state index in [9.17, 15) is 9.18 Å². The van der Waals surface area contributed by atoms with Crippen LogP contribution in [0.25, 0.3) is 0 Å². The Morgan fingerprint density at radius 2 is 2.20 bits per heavy atom. The summed E-state index contributed by atoms with van der Waals surface area (Å²) in [6.07, 6.45) is -3.25. The van der Waals surface area contributed by atoms with E-state index in [2.05, 4.69) is 0 Å². The van der Waals surface area contributed by atoms with Crippen LogP contribution in [0.1, 0.15) is 27.2 Å². The van der Waals surface area contributed by atoms with E-state index in [1.54, 1.807) is 20.8 Å². The summed E-state index contributed by atoms with van der Waals surface area (Å²) in [5, 5.41) is 8.99. The molecule has 0 aromatic carbocycles. The van der Waals surface area contributed by atoms with E-state index in [1.165, 1.54) is 0 Å². The van der Waals surface area contributed by atoms with Crippen molar-refractivity contribution in [1.29, 1.82) is 0 Å². The maximum absolute atomic E-state index is 13.1. The van der Waals surface area contributed by atoms with Gasteiger partial charge >= 0.3 is 5.97 Å². The first-order chi connectivity index (χ1) is 6.80. The maximum Gasteiger partial charge on any atom is 0.311 e. The SMILES string of the molecule is CC(C)(C)C(=O)OC[C@H]1OC(O)C[C@@H]1F. The van der Waals surface area contributed by atoms with Gasteiger partial charge in [0, 0.05) is 6.42 Å². The molecule has 1 saturated heterocycles. The molecule has 15 heavy (non-hydrogen) atoms. The third kappa shape index (κ3) is 3.43. The first-order valence-electron chi connectivity index (χ1n) is 4.95. The van der Waals surface area contributed by atoms with Gasteiger partial charge in [-0.15, -0.1) is 0 Å². The van der Waals surface area contributed by atoms with Crippen LogP contribution in [0.15, 0.2) is 0 Å². The normalized spacial score (nSPS) is 31.7. The smallest absolute Gasteiger partial charge is 0.311 e. The topological polar surface area (TPSA) is 55.8 Å². The summed E-state index contributed by atoms with van der Waals surface area (Å²) in [4.78, 5) is 11.3. The molecule has 1 unspecified atom stereocenters. The summed E-state index contributed by atoms with van der Waals surface area (Å²) < 4.78 is 22.8. The molecule has 0 radical (unpaired) electrons. The zero-order valence-corrected chi connectivity index (χ0v) is 9.20. The van der Waals surface area contributed by atoms with E-state index in [-0.39, 0.29) is 13.0 Å². The van der Waals surface area contributed by atoms with Gasteiger partial charge in [0.05, 0.1) is 5.41 Å². The molecule has 5 heteroatoms. The van der Waals surface area contributed by atoms with Gasteiger partial charge in [0.15, 0.2) is 6.29 Å². The number of aliphatic hydroxyl groups is 1. The Kier molecular flexibility index (Phi) is 3.67. The highest BCUT2D eigenvalue weighted by molar-refractivity contribution is 5.75. The van der Waals surface area contributed by atoms with Crippen molar-refractivity contribution in [2.75, 3.05) is 6.61 Å². The molecule has 1 N–H and O–H groups in total. The number of carbonyl (C=O) groups is 1. The molecule has 1 heterocycles. The van der Waals surface area contributed by atoms with Crippen LogP contribution in [0.5, 0.6) is 0 Å². The lowest BCUT2D eigenvalue weighted by atomic mass is 9.97. The van der Waals surface area contributed by atoms with Crippen molar-refractivity contribution in [2.24, 2.45) is 5.41 Å². The fraction of sp³-hybridized carbons (Fsp3) is 0.900. The number of hydrogen-bond donors (Lipinski definition) is 1. The molecule has 4 nitrogen and oxygen atoms in total. The number of halogens is 1. The average Bonchev–Trinajstić information content (AvgIpc) is 2.39. The molecule has 0 saturated carbocycles. The van der Waals surface area contributed by atoms with E-state index in [4.69, 9.17) is 14.6 Å². The van der Waals surface area contributed by atoms with E-state index in [0.717, 1.165) is 0 Å². The van der Waals surface area contributed by atoms with Crippen LogP contribution in [-0.2, 0) is 14.3 Å². The molecule has 0 aromatic rings. The van der Waals surface area contributed by atoms with Gasteiger partial charge < -0.3 is 14.6 Å². The highest BCUT2D eigenvalue weighted by atomic mass is 19.1. The molecule has 1 aliphatic heterocycles. The van der Waals surface area contributed by atoms with E-state index in [0.29, 0.717) is 0 Å². The maximum atomic E-state index is 13.1. The van der Waals surface area contributed by atoms with Crippen molar-refractivity contribution in [1.82, 2.24) is 0 Å². The lowest BCUT2D eigenvalue weighted by Gasteiger charge is -2.19. The fourth-order valence-electron chi connectivity index (χ4n) is 1.20. The summed E-state index contributed by atoms with van der Waals surface area (Å²) in [7, 11) is 0. The van der Waals surface area contributed by atoms with Gasteiger partial charge in [-0.3, -0.25) is 4.79 Å². The number of ether oxygens (including phenoxy) is 2. The van der Waals surface area contributed by atoms with E-state index in [1.807, 2.05) is 0 Å². The van der Waals surface area contributed by atoms with Gasteiger partial charge in [-0.1, -0.05) is 0 Å². The van der Waals surface area contributed by atoms with Gasteiger partial charge in [-0.05, 0) is 20.8 Å². The number of rotatable bonds is 2. The molecule has 0 spiro atoms. The van der Waals surface area contributed by atoms with Gasteiger partial charge in [0.1, 0.15) is 18.9 Å². The summed E-state index contributed by atoms with van der Waals surface area (Å²) in [6.45, 7) is 5.00. The van der Waals surface area contributed by atoms with Crippen LogP contribution in [0.3, 0.4) is 0 Å². The van der Waals surface area contributed by atoms with Gasteiger partial charge in [-0.2, -0.15) is 0 Å². The predicted octanol–water partition coefficient (Wildman–Crippen LogP) is 1.02. The van der Waals surface area contributed by atoms with Crippen molar-refractivity contribution < 1.29 is 23.8 Å². The van der Waals surface area contributed by atoms with E-state index < -0.39 is 29.9 Å². The zero-order valence-electron chi connectivity index (χ0n) is 9.20. The Balaban J connectivity index is 2.35. The van der Waals surface area contributed by atoms with E-state index >= 15 is 0 Å². The summed E-state index contributed by atoms with van der Waals surface area (Å²) >= 11 is 0. The van der Waals surface area contributed by atoms with Crippen LogP contribution < -0.4 is 0 Å². The largest absolute Gasteiger partial charge is 0.462 e. The molecule has 0 aromatic heterocycles. The van der Waals surface area contributed by atoms with Gasteiger partial charge in [0.2, 0.25) is 0 Å². The Morgan fingerprint density at radius 1 is 1.60 bits per heavy atom. The number of alkyl halides is 1. The summed E-state index contributed by atoms with van der Waals surface area (Å²) in [6, 6.07) is 0. The van der Waals surface area contributed by atoms with Crippen molar-refractivity contribution in [3.05, 3.63) is 0 Å². The Morgan fingerprint density at radius 3 is 2.60 bits per heavy atom. The molecular weight excluding hydrogens is 203 g/mol. The number of esters is 1. The minimum atomic E-state index is -1.27. The monoisotopic (exact) mass is 220 g/mol. The second-order valence-electron chi connectivity index (χ2n) is 4.73. The molecular formula is C10H17FO4. The molecule has 0 aliphatic carbocycles. The Hall–Kier alpha value is -0.680. The summed E-state index contributed by atoms with van der Waals surface area (Å²) in [5.74, 6) is -0.403. The number of hydrogen-bond acceptors (Lipinski definition) is 4. The van der Waals surface area contributed by atoms with Crippen LogP contribution in [0.4, 0.5) is 4.39 Å². The average molecular weight is 220 g/mol. The van der Waals surface area contributed by atoms with Gasteiger partial charge in [-0.25, -0.2) is 4.39 Å². The van der Waals surface area contributed by atoms with Crippen molar-refractivity contribution in [2.45, 2.75) is 45.8 Å². The van der Waals surface area contributed by atoms with Crippen LogP contribution in [-0.4, -0.2) is 36.2 Å². The molecule has 0 amide bonds. The first-order valence-corrected chi connectivity index (χ1v) is 4.95. The van der Waals surface area contributed by atoms with Crippen molar-refractivity contribution in [3.63, 3.8) is 0 Å². The minimum Gasteiger partial charge on any atom is -0.462 e. The zero-order chi connectivity index (χ0) is 11.6. The molecule has 1 fully saturated rings. The first kappa shape index (κ1) is 12.4. The lowest BCUT2D eigenvalue weighted by molar-refractivity contribution is -0.162. The Bertz CT molecular complexity index is 236. The summed E-state index contributed by atoms with van der Waals surface area (Å²) in [5.41, 5.74) is -0.608. The molecule has 3 atom stereocenters. The van der Waals surface area contributed by atoms with Crippen molar-refractivity contribution >= 4 is 5.97 Å².